The van der Waals surface area contributed by atoms with Crippen molar-refractivity contribution in [2.75, 3.05) is 6.54 Å². The van der Waals surface area contributed by atoms with Gasteiger partial charge in [-0.2, -0.15) is 0 Å². The standard InChI is InChI=1S/C15H24N2O/c1-13(18)10-15-7-3-2-4-9-17(15)12-14-6-5-8-16-11-14/h5-6,8,11,13,15,18H,2-4,7,9-10,12H2,1H3. The van der Waals surface area contributed by atoms with E-state index in [4.69, 9.17) is 0 Å². The molecule has 18 heavy (non-hydrogen) atoms. The lowest BCUT2D eigenvalue weighted by Gasteiger charge is -2.30. The normalized spacial score (nSPS) is 23.6. The summed E-state index contributed by atoms with van der Waals surface area (Å²) in [5, 5.41) is 9.64. The number of likely N-dealkylation sites (tertiary alicyclic amines) is 1. The van der Waals surface area contributed by atoms with E-state index < -0.39 is 0 Å². The molecule has 2 atom stereocenters. The van der Waals surface area contributed by atoms with Crippen LogP contribution in [0.2, 0.25) is 0 Å². The number of hydrogen-bond donors (Lipinski definition) is 1. The van der Waals surface area contributed by atoms with Gasteiger partial charge in [0.25, 0.3) is 0 Å². The van der Waals surface area contributed by atoms with Crippen LogP contribution >= 0.6 is 0 Å². The van der Waals surface area contributed by atoms with Crippen molar-refractivity contribution in [2.24, 2.45) is 0 Å². The maximum atomic E-state index is 9.64. The maximum absolute atomic E-state index is 9.64. The SMILES string of the molecule is CC(O)CC1CCCCCN1Cc1cccnc1. The van der Waals surface area contributed by atoms with Gasteiger partial charge >= 0.3 is 0 Å². The van der Waals surface area contributed by atoms with Gasteiger partial charge in [0.2, 0.25) is 0 Å². The number of aliphatic hydroxyl groups excluding tert-OH is 1. The van der Waals surface area contributed by atoms with E-state index in [-0.39, 0.29) is 6.10 Å². The third kappa shape index (κ3) is 4.07. The molecular weight excluding hydrogens is 224 g/mol. The Morgan fingerprint density at radius 1 is 1.44 bits per heavy atom. The van der Waals surface area contributed by atoms with E-state index >= 15 is 0 Å². The second-order valence-electron chi connectivity index (χ2n) is 5.42. The highest BCUT2D eigenvalue weighted by atomic mass is 16.3. The number of pyridine rings is 1. The van der Waals surface area contributed by atoms with Crippen LogP contribution in [0.4, 0.5) is 0 Å². The molecule has 0 spiro atoms. The Kier molecular flexibility index (Phi) is 5.14. The molecule has 1 aliphatic rings. The van der Waals surface area contributed by atoms with E-state index in [1.54, 1.807) is 0 Å². The van der Waals surface area contributed by atoms with Crippen LogP contribution in [-0.4, -0.2) is 33.7 Å². The van der Waals surface area contributed by atoms with Crippen LogP contribution in [0.25, 0.3) is 0 Å². The quantitative estimate of drug-likeness (QED) is 0.889. The predicted octanol–water partition coefficient (Wildman–Crippen LogP) is 2.60. The summed E-state index contributed by atoms with van der Waals surface area (Å²) in [5.74, 6) is 0. The van der Waals surface area contributed by atoms with Crippen molar-refractivity contribution in [2.45, 2.75) is 57.7 Å². The molecule has 100 valence electrons. The molecule has 0 bridgehead atoms. The van der Waals surface area contributed by atoms with E-state index in [0.717, 1.165) is 19.5 Å². The number of hydrogen-bond acceptors (Lipinski definition) is 3. The third-order valence-electron chi connectivity index (χ3n) is 3.72. The average molecular weight is 248 g/mol. The van der Waals surface area contributed by atoms with E-state index in [1.807, 2.05) is 25.4 Å². The van der Waals surface area contributed by atoms with Gasteiger partial charge < -0.3 is 5.11 Å². The molecule has 2 rings (SSSR count). The molecule has 2 heterocycles. The molecule has 1 saturated heterocycles. The summed E-state index contributed by atoms with van der Waals surface area (Å²) in [5.41, 5.74) is 1.27. The minimum Gasteiger partial charge on any atom is -0.393 e. The highest BCUT2D eigenvalue weighted by Gasteiger charge is 2.22. The summed E-state index contributed by atoms with van der Waals surface area (Å²) in [6.45, 7) is 4.00. The van der Waals surface area contributed by atoms with E-state index in [9.17, 15) is 5.11 Å². The monoisotopic (exact) mass is 248 g/mol. The fraction of sp³-hybridized carbons (Fsp3) is 0.667. The molecule has 1 fully saturated rings. The summed E-state index contributed by atoms with van der Waals surface area (Å²) in [6.07, 6.45) is 9.55. The molecule has 0 aromatic carbocycles. The molecule has 1 aliphatic heterocycles. The Labute approximate surface area is 110 Å². The first-order chi connectivity index (χ1) is 8.75. The average Bonchev–Trinajstić information content (AvgIpc) is 2.56. The topological polar surface area (TPSA) is 36.4 Å². The van der Waals surface area contributed by atoms with Crippen molar-refractivity contribution in [3.8, 4) is 0 Å². The zero-order chi connectivity index (χ0) is 12.8. The maximum Gasteiger partial charge on any atom is 0.0527 e. The Hall–Kier alpha value is -0.930. The van der Waals surface area contributed by atoms with Crippen molar-refractivity contribution in [1.29, 1.82) is 0 Å². The van der Waals surface area contributed by atoms with Crippen molar-refractivity contribution in [3.63, 3.8) is 0 Å². The minimum absolute atomic E-state index is 0.204. The lowest BCUT2D eigenvalue weighted by Crippen LogP contribution is -2.36. The summed E-state index contributed by atoms with van der Waals surface area (Å²) in [6, 6.07) is 4.65. The van der Waals surface area contributed by atoms with Crippen LogP contribution in [0.1, 0.15) is 44.6 Å². The van der Waals surface area contributed by atoms with Crippen LogP contribution in [0.3, 0.4) is 0 Å². The van der Waals surface area contributed by atoms with Gasteiger partial charge in [0, 0.05) is 25.0 Å². The highest BCUT2D eigenvalue weighted by Crippen LogP contribution is 2.22. The van der Waals surface area contributed by atoms with Gasteiger partial charge in [0.05, 0.1) is 6.10 Å². The largest absolute Gasteiger partial charge is 0.393 e. The number of aromatic nitrogens is 1. The summed E-state index contributed by atoms with van der Waals surface area (Å²) in [4.78, 5) is 6.71. The molecular formula is C15H24N2O. The first-order valence-electron chi connectivity index (χ1n) is 7.06. The molecule has 2 unspecified atom stereocenters. The van der Waals surface area contributed by atoms with Gasteiger partial charge in [-0.3, -0.25) is 9.88 Å². The van der Waals surface area contributed by atoms with E-state index in [2.05, 4.69) is 16.0 Å². The molecule has 0 radical (unpaired) electrons. The van der Waals surface area contributed by atoms with Gasteiger partial charge in [0.1, 0.15) is 0 Å². The van der Waals surface area contributed by atoms with Crippen molar-refractivity contribution in [1.82, 2.24) is 9.88 Å². The second-order valence-corrected chi connectivity index (χ2v) is 5.42. The van der Waals surface area contributed by atoms with Gasteiger partial charge in [-0.05, 0) is 44.4 Å². The molecule has 1 aromatic rings. The fourth-order valence-electron chi connectivity index (χ4n) is 2.83. The van der Waals surface area contributed by atoms with Gasteiger partial charge in [0.15, 0.2) is 0 Å². The van der Waals surface area contributed by atoms with Crippen LogP contribution < -0.4 is 0 Å². The molecule has 0 saturated carbocycles. The van der Waals surface area contributed by atoms with Gasteiger partial charge in [-0.15, -0.1) is 0 Å². The molecule has 1 aromatic heterocycles. The minimum atomic E-state index is -0.204. The number of aliphatic hydroxyl groups is 1. The first-order valence-corrected chi connectivity index (χ1v) is 7.06. The second kappa shape index (κ2) is 6.86. The molecule has 1 N–H and O–H groups in total. The van der Waals surface area contributed by atoms with Crippen LogP contribution in [0.15, 0.2) is 24.5 Å². The van der Waals surface area contributed by atoms with E-state index in [1.165, 1.54) is 31.2 Å². The number of rotatable bonds is 4. The zero-order valence-electron chi connectivity index (χ0n) is 11.3. The van der Waals surface area contributed by atoms with Crippen molar-refractivity contribution in [3.05, 3.63) is 30.1 Å². The van der Waals surface area contributed by atoms with Crippen molar-refractivity contribution < 1.29 is 5.11 Å². The molecule has 0 amide bonds. The lowest BCUT2D eigenvalue weighted by atomic mass is 10.0. The summed E-state index contributed by atoms with van der Waals surface area (Å²) in [7, 11) is 0. The summed E-state index contributed by atoms with van der Waals surface area (Å²) >= 11 is 0. The predicted molar refractivity (Wildman–Crippen MR) is 73.2 cm³/mol. The molecule has 3 nitrogen and oxygen atoms in total. The number of nitrogens with zero attached hydrogens (tertiary/aromatic N) is 2. The third-order valence-corrected chi connectivity index (χ3v) is 3.72. The fourth-order valence-corrected chi connectivity index (χ4v) is 2.83. The Morgan fingerprint density at radius 2 is 2.33 bits per heavy atom. The highest BCUT2D eigenvalue weighted by molar-refractivity contribution is 5.08. The van der Waals surface area contributed by atoms with Crippen LogP contribution in [-0.2, 0) is 6.54 Å². The zero-order valence-corrected chi connectivity index (χ0v) is 11.3. The van der Waals surface area contributed by atoms with Gasteiger partial charge in [-0.1, -0.05) is 18.9 Å². The Bertz CT molecular complexity index is 340. The van der Waals surface area contributed by atoms with Crippen LogP contribution in [0.5, 0.6) is 0 Å². The van der Waals surface area contributed by atoms with Gasteiger partial charge in [-0.25, -0.2) is 0 Å². The van der Waals surface area contributed by atoms with E-state index in [0.29, 0.717) is 6.04 Å². The Balaban J connectivity index is 2.01. The smallest absolute Gasteiger partial charge is 0.0527 e. The molecule has 0 aliphatic carbocycles. The molecule has 3 heteroatoms. The lowest BCUT2D eigenvalue weighted by molar-refractivity contribution is 0.108. The first kappa shape index (κ1) is 13.5. The Morgan fingerprint density at radius 3 is 3.06 bits per heavy atom. The van der Waals surface area contributed by atoms with Crippen molar-refractivity contribution >= 4 is 0 Å². The van der Waals surface area contributed by atoms with Crippen LogP contribution in [0, 0.1) is 0 Å². The summed E-state index contributed by atoms with van der Waals surface area (Å²) < 4.78 is 0.